The lowest BCUT2D eigenvalue weighted by molar-refractivity contribution is -0.118. The van der Waals surface area contributed by atoms with Crippen molar-refractivity contribution >= 4 is 34.1 Å². The van der Waals surface area contributed by atoms with Crippen LogP contribution in [0, 0.1) is 5.92 Å². The van der Waals surface area contributed by atoms with E-state index in [1.165, 1.54) is 23.1 Å². The normalized spacial score (nSPS) is 11.0. The maximum Gasteiger partial charge on any atom is 0.230 e. The zero-order valence-corrected chi connectivity index (χ0v) is 15.6. The third-order valence-corrected chi connectivity index (χ3v) is 4.74. The van der Waals surface area contributed by atoms with Crippen molar-refractivity contribution in [1.82, 2.24) is 15.5 Å². The van der Waals surface area contributed by atoms with Crippen LogP contribution < -0.4 is 10.6 Å². The molecule has 0 aromatic carbocycles. The molecule has 0 unspecified atom stereocenters. The van der Waals surface area contributed by atoms with Crippen molar-refractivity contribution in [3.8, 4) is 0 Å². The Kier molecular flexibility index (Phi) is 11.0. The highest BCUT2D eigenvalue weighted by molar-refractivity contribution is 8.01. The highest BCUT2D eigenvalue weighted by Gasteiger charge is 2.07. The number of hydrogen-bond donors (Lipinski definition) is 2. The lowest BCUT2D eigenvalue weighted by Crippen LogP contribution is -2.28. The Morgan fingerprint density at radius 1 is 1.26 bits per heavy atom. The molecule has 132 valence electrons. The second-order valence-corrected chi connectivity index (χ2v) is 7.43. The van der Waals surface area contributed by atoms with Gasteiger partial charge in [0.2, 0.25) is 11.0 Å². The maximum atomic E-state index is 11.7. The number of aromatic nitrogens is 2. The van der Waals surface area contributed by atoms with Gasteiger partial charge >= 0.3 is 0 Å². The molecule has 0 aliphatic carbocycles. The fourth-order valence-corrected chi connectivity index (χ4v) is 3.07. The average Bonchev–Trinajstić information content (AvgIpc) is 2.96. The number of anilines is 1. The van der Waals surface area contributed by atoms with Crippen LogP contribution in [0.25, 0.3) is 0 Å². The number of carbonyl (C=O) groups is 1. The Labute approximate surface area is 145 Å². The summed E-state index contributed by atoms with van der Waals surface area (Å²) in [6, 6.07) is 0. The van der Waals surface area contributed by atoms with E-state index in [-0.39, 0.29) is 5.91 Å². The van der Waals surface area contributed by atoms with Gasteiger partial charge in [0.15, 0.2) is 4.34 Å². The minimum absolute atomic E-state index is 0.0217. The molecule has 1 amide bonds. The van der Waals surface area contributed by atoms with Crippen LogP contribution in [0.1, 0.15) is 20.3 Å². The van der Waals surface area contributed by atoms with Gasteiger partial charge in [-0.15, -0.1) is 10.2 Å². The molecule has 9 heteroatoms. The second kappa shape index (κ2) is 12.5. The molecule has 0 aliphatic rings. The molecular weight excluding hydrogens is 336 g/mol. The third-order valence-electron chi connectivity index (χ3n) is 2.72. The third kappa shape index (κ3) is 10.5. The number of amides is 1. The van der Waals surface area contributed by atoms with E-state index in [9.17, 15) is 4.79 Å². The zero-order valence-electron chi connectivity index (χ0n) is 14.0. The molecule has 0 atom stereocenters. The first-order chi connectivity index (χ1) is 11.1. The van der Waals surface area contributed by atoms with Crippen LogP contribution in [0.2, 0.25) is 0 Å². The topological polar surface area (TPSA) is 85.4 Å². The van der Waals surface area contributed by atoms with Crippen LogP contribution in [0.5, 0.6) is 0 Å². The first-order valence-corrected chi connectivity index (χ1v) is 9.45. The number of carbonyl (C=O) groups excluding carboxylic acids is 1. The van der Waals surface area contributed by atoms with Crippen LogP contribution in [0.3, 0.4) is 0 Å². The Balaban J connectivity index is 2.07. The summed E-state index contributed by atoms with van der Waals surface area (Å²) >= 11 is 2.81. The molecule has 0 spiro atoms. The van der Waals surface area contributed by atoms with Crippen LogP contribution >= 0.6 is 23.1 Å². The van der Waals surface area contributed by atoms with Gasteiger partial charge in [-0.25, -0.2) is 0 Å². The summed E-state index contributed by atoms with van der Waals surface area (Å²) < 4.78 is 11.2. The molecule has 23 heavy (non-hydrogen) atoms. The SMILES string of the molecule is COCCNc1nnc(SCC(=O)NCCOCCC(C)C)s1. The van der Waals surface area contributed by atoms with Gasteiger partial charge in [0, 0.05) is 26.8 Å². The predicted octanol–water partition coefficient (Wildman–Crippen LogP) is 1.87. The molecule has 0 bridgehead atoms. The summed E-state index contributed by atoms with van der Waals surface area (Å²) in [6.45, 7) is 7.46. The van der Waals surface area contributed by atoms with Gasteiger partial charge in [0.1, 0.15) is 0 Å². The fraction of sp³-hybridized carbons (Fsp3) is 0.786. The molecule has 0 saturated heterocycles. The highest BCUT2D eigenvalue weighted by atomic mass is 32.2. The minimum Gasteiger partial charge on any atom is -0.383 e. The molecule has 0 fully saturated rings. The van der Waals surface area contributed by atoms with Gasteiger partial charge in [0.05, 0.1) is 19.0 Å². The summed E-state index contributed by atoms with van der Waals surface area (Å²) in [5.41, 5.74) is 0. The Morgan fingerprint density at radius 2 is 2.09 bits per heavy atom. The van der Waals surface area contributed by atoms with E-state index in [0.717, 1.165) is 22.5 Å². The molecular formula is C14H26N4O3S2. The smallest absolute Gasteiger partial charge is 0.230 e. The van der Waals surface area contributed by atoms with Crippen molar-refractivity contribution in [1.29, 1.82) is 0 Å². The average molecular weight is 363 g/mol. The monoisotopic (exact) mass is 362 g/mol. The van der Waals surface area contributed by atoms with Crippen molar-refractivity contribution in [2.24, 2.45) is 5.92 Å². The first kappa shape index (κ1) is 20.1. The van der Waals surface area contributed by atoms with E-state index in [2.05, 4.69) is 34.7 Å². The van der Waals surface area contributed by atoms with Crippen LogP contribution in [-0.4, -0.2) is 61.9 Å². The van der Waals surface area contributed by atoms with Crippen molar-refractivity contribution in [2.45, 2.75) is 24.6 Å². The molecule has 0 aliphatic heterocycles. The predicted molar refractivity (Wildman–Crippen MR) is 94.3 cm³/mol. The minimum atomic E-state index is -0.0217. The van der Waals surface area contributed by atoms with E-state index >= 15 is 0 Å². The van der Waals surface area contributed by atoms with Crippen LogP contribution in [0.4, 0.5) is 5.13 Å². The maximum absolute atomic E-state index is 11.7. The zero-order chi connectivity index (χ0) is 16.9. The lowest BCUT2D eigenvalue weighted by atomic mass is 10.1. The Morgan fingerprint density at radius 3 is 2.83 bits per heavy atom. The Bertz CT molecular complexity index is 443. The van der Waals surface area contributed by atoms with Crippen molar-refractivity contribution in [3.05, 3.63) is 0 Å². The van der Waals surface area contributed by atoms with Gasteiger partial charge in [-0.2, -0.15) is 0 Å². The summed E-state index contributed by atoms with van der Waals surface area (Å²) in [5, 5.41) is 14.7. The molecule has 1 aromatic heterocycles. The molecule has 1 rings (SSSR count). The number of hydrogen-bond acceptors (Lipinski definition) is 8. The van der Waals surface area contributed by atoms with E-state index < -0.39 is 0 Å². The highest BCUT2D eigenvalue weighted by Crippen LogP contribution is 2.24. The van der Waals surface area contributed by atoms with Crippen molar-refractivity contribution < 1.29 is 14.3 Å². The quantitative estimate of drug-likeness (QED) is 0.409. The van der Waals surface area contributed by atoms with Crippen LogP contribution in [-0.2, 0) is 14.3 Å². The van der Waals surface area contributed by atoms with Crippen molar-refractivity contribution in [2.75, 3.05) is 51.1 Å². The molecule has 1 heterocycles. The van der Waals surface area contributed by atoms with E-state index in [4.69, 9.17) is 9.47 Å². The standard InChI is InChI=1S/C14H26N4O3S2/c1-11(2)4-7-21-9-6-15-12(19)10-22-14-18-17-13(23-14)16-5-8-20-3/h11H,4-10H2,1-3H3,(H,15,19)(H,16,17). The fourth-order valence-electron chi connectivity index (χ4n) is 1.46. The number of methoxy groups -OCH3 is 1. The summed E-state index contributed by atoms with van der Waals surface area (Å²) in [7, 11) is 1.65. The van der Waals surface area contributed by atoms with Gasteiger partial charge < -0.3 is 20.1 Å². The van der Waals surface area contributed by atoms with Gasteiger partial charge in [-0.05, 0) is 12.3 Å². The van der Waals surface area contributed by atoms with Gasteiger partial charge in [-0.3, -0.25) is 4.79 Å². The molecule has 0 saturated carbocycles. The summed E-state index contributed by atoms with van der Waals surface area (Å²) in [5.74, 6) is 0.951. The van der Waals surface area contributed by atoms with Crippen molar-refractivity contribution in [3.63, 3.8) is 0 Å². The molecule has 1 aromatic rings. The number of nitrogens with zero attached hydrogens (tertiary/aromatic N) is 2. The largest absolute Gasteiger partial charge is 0.383 e. The molecule has 0 radical (unpaired) electrons. The molecule has 7 nitrogen and oxygen atoms in total. The molecule has 2 N–H and O–H groups in total. The number of rotatable bonds is 13. The lowest BCUT2D eigenvalue weighted by Gasteiger charge is -2.07. The van der Waals surface area contributed by atoms with E-state index in [0.29, 0.717) is 38.0 Å². The van der Waals surface area contributed by atoms with Gasteiger partial charge in [-0.1, -0.05) is 36.9 Å². The van der Waals surface area contributed by atoms with E-state index in [1.807, 2.05) is 0 Å². The number of thioether (sulfide) groups is 1. The number of ether oxygens (including phenoxy) is 2. The summed E-state index contributed by atoms with van der Waals surface area (Å²) in [6.07, 6.45) is 1.04. The van der Waals surface area contributed by atoms with E-state index in [1.54, 1.807) is 7.11 Å². The first-order valence-electron chi connectivity index (χ1n) is 7.65. The second-order valence-electron chi connectivity index (χ2n) is 5.23. The Hall–Kier alpha value is -0.900. The van der Waals surface area contributed by atoms with Gasteiger partial charge in [0.25, 0.3) is 0 Å². The summed E-state index contributed by atoms with van der Waals surface area (Å²) in [4.78, 5) is 11.7. The van der Waals surface area contributed by atoms with Crippen LogP contribution in [0.15, 0.2) is 4.34 Å². The number of nitrogens with one attached hydrogen (secondary N) is 2.